The van der Waals surface area contributed by atoms with Gasteiger partial charge in [-0.05, 0) is 54.8 Å². The van der Waals surface area contributed by atoms with Gasteiger partial charge in [-0.1, -0.05) is 83.1 Å². The molecular weight excluding hydrogens is 618 g/mol. The Morgan fingerprint density at radius 3 is 0.750 bits per heavy atom. The third-order valence-corrected chi connectivity index (χ3v) is 8.62. The second-order valence-corrected chi connectivity index (χ2v) is 15.6. The summed E-state index contributed by atoms with van der Waals surface area (Å²) in [5.41, 5.74) is 0. The Morgan fingerprint density at radius 1 is 0.417 bits per heavy atom. The SMILES string of the molecule is CC(C)CC1C(=O)OC(C(C)C)C(=O)N(C)C(CC(C)C)C(=O)OC(C(C)C)C(=O)N(C)C(CC(C)C)C(=O)OC(C(C)C)C(=O)N1C. The van der Waals surface area contributed by atoms with Gasteiger partial charge in [0.15, 0.2) is 18.3 Å². The highest BCUT2D eigenvalue weighted by Crippen LogP contribution is 2.25. The van der Waals surface area contributed by atoms with Crippen molar-refractivity contribution in [1.82, 2.24) is 14.7 Å². The van der Waals surface area contributed by atoms with Gasteiger partial charge in [-0.3, -0.25) is 14.4 Å². The molecule has 1 aliphatic heterocycles. The molecule has 6 unspecified atom stereocenters. The van der Waals surface area contributed by atoms with Crippen LogP contribution in [-0.4, -0.2) is 108 Å². The zero-order valence-electron chi connectivity index (χ0n) is 32.1. The fourth-order valence-corrected chi connectivity index (χ4v) is 5.67. The molecule has 1 aliphatic rings. The molecule has 0 aromatic carbocycles. The van der Waals surface area contributed by atoms with Crippen molar-refractivity contribution in [3.05, 3.63) is 0 Å². The maximum Gasteiger partial charge on any atom is 0.329 e. The van der Waals surface area contributed by atoms with Gasteiger partial charge in [-0.2, -0.15) is 0 Å². The van der Waals surface area contributed by atoms with Crippen LogP contribution >= 0.6 is 0 Å². The molecule has 0 saturated carbocycles. The smallest absolute Gasteiger partial charge is 0.329 e. The Hall–Kier alpha value is -3.18. The van der Waals surface area contributed by atoms with Crippen molar-refractivity contribution in [2.45, 2.75) is 139 Å². The van der Waals surface area contributed by atoms with Gasteiger partial charge in [0, 0.05) is 21.1 Å². The molecule has 0 aromatic rings. The van der Waals surface area contributed by atoms with Crippen LogP contribution in [0, 0.1) is 35.5 Å². The van der Waals surface area contributed by atoms with E-state index in [2.05, 4.69) is 0 Å². The monoisotopic (exact) mass is 681 g/mol. The van der Waals surface area contributed by atoms with Crippen molar-refractivity contribution in [1.29, 1.82) is 0 Å². The van der Waals surface area contributed by atoms with Crippen LogP contribution in [0.4, 0.5) is 0 Å². The van der Waals surface area contributed by atoms with E-state index < -0.39 is 89.8 Å². The van der Waals surface area contributed by atoms with E-state index in [0.717, 1.165) is 0 Å². The molecule has 1 rings (SSSR count). The molecule has 0 spiro atoms. The van der Waals surface area contributed by atoms with Crippen LogP contribution in [-0.2, 0) is 43.0 Å². The molecular formula is C36H63N3O9. The van der Waals surface area contributed by atoms with Crippen molar-refractivity contribution >= 4 is 35.6 Å². The van der Waals surface area contributed by atoms with Crippen LogP contribution in [0.15, 0.2) is 0 Å². The van der Waals surface area contributed by atoms with Crippen LogP contribution in [0.5, 0.6) is 0 Å². The fraction of sp³-hybridized carbons (Fsp3) is 0.833. The number of likely N-dealkylation sites (N-methyl/N-ethyl adjacent to an activating group) is 3. The molecule has 276 valence electrons. The van der Waals surface area contributed by atoms with Crippen molar-refractivity contribution in [3.8, 4) is 0 Å². The van der Waals surface area contributed by atoms with Gasteiger partial charge >= 0.3 is 17.9 Å². The highest BCUT2D eigenvalue weighted by Gasteiger charge is 2.44. The van der Waals surface area contributed by atoms with E-state index in [9.17, 15) is 28.8 Å². The van der Waals surface area contributed by atoms with Crippen LogP contribution in [0.1, 0.15) is 102 Å². The van der Waals surface area contributed by atoms with E-state index in [1.54, 1.807) is 41.5 Å². The van der Waals surface area contributed by atoms with Gasteiger partial charge in [-0.25, -0.2) is 14.4 Å². The average molecular weight is 682 g/mol. The van der Waals surface area contributed by atoms with Crippen molar-refractivity contribution in [3.63, 3.8) is 0 Å². The van der Waals surface area contributed by atoms with E-state index in [-0.39, 0.29) is 37.0 Å². The first-order chi connectivity index (χ1) is 22.0. The number of ether oxygens (including phenoxy) is 3. The fourth-order valence-electron chi connectivity index (χ4n) is 5.67. The number of hydrogen-bond donors (Lipinski definition) is 0. The summed E-state index contributed by atoms with van der Waals surface area (Å²) in [6.07, 6.45) is -3.15. The largest absolute Gasteiger partial charge is 0.450 e. The minimum atomic E-state index is -1.27. The van der Waals surface area contributed by atoms with E-state index in [1.165, 1.54) is 35.8 Å². The summed E-state index contributed by atoms with van der Waals surface area (Å²) in [5.74, 6) is -5.70. The molecule has 1 saturated heterocycles. The molecule has 48 heavy (non-hydrogen) atoms. The number of amides is 3. The molecule has 0 radical (unpaired) electrons. The van der Waals surface area contributed by atoms with E-state index in [4.69, 9.17) is 14.2 Å². The minimum absolute atomic E-state index is 0.0410. The van der Waals surface area contributed by atoms with Crippen molar-refractivity contribution < 1.29 is 43.0 Å². The van der Waals surface area contributed by atoms with Gasteiger partial charge in [0.1, 0.15) is 18.1 Å². The maximum absolute atomic E-state index is 14.0. The van der Waals surface area contributed by atoms with Gasteiger partial charge in [0.05, 0.1) is 0 Å². The van der Waals surface area contributed by atoms with E-state index >= 15 is 0 Å². The standard InChI is InChI=1S/C36H63N3O9/c1-19(2)16-25-34(43)46-29(23(9)10)32(41)38(14)27(18-21(5)6)36(45)48-30(24(11)12)33(42)39(15)26(17-20(3)4)35(44)47-28(22(7)8)31(40)37(25)13/h19-30H,16-18H2,1-15H3. The van der Waals surface area contributed by atoms with Gasteiger partial charge in [-0.15, -0.1) is 0 Å². The highest BCUT2D eigenvalue weighted by molar-refractivity contribution is 5.94. The Balaban J connectivity index is 3.97. The van der Waals surface area contributed by atoms with E-state index in [1.807, 2.05) is 41.5 Å². The van der Waals surface area contributed by atoms with E-state index in [0.29, 0.717) is 0 Å². The lowest BCUT2D eigenvalue weighted by atomic mass is 9.98. The Morgan fingerprint density at radius 2 is 0.604 bits per heavy atom. The Labute approximate surface area is 288 Å². The quantitative estimate of drug-likeness (QED) is 0.257. The zero-order valence-corrected chi connectivity index (χ0v) is 32.1. The number of rotatable bonds is 9. The number of carbonyl (C=O) groups is 6. The molecule has 6 atom stereocenters. The number of cyclic esters (lactones) is 3. The first-order valence-corrected chi connectivity index (χ1v) is 17.4. The summed E-state index contributed by atoms with van der Waals surface area (Å²) in [5, 5.41) is 0. The molecule has 0 N–H and O–H groups in total. The predicted molar refractivity (Wildman–Crippen MR) is 182 cm³/mol. The molecule has 1 fully saturated rings. The molecule has 1 heterocycles. The second-order valence-electron chi connectivity index (χ2n) is 15.6. The second kappa shape index (κ2) is 18.5. The Kier molecular flexibility index (Phi) is 16.6. The van der Waals surface area contributed by atoms with Crippen molar-refractivity contribution in [2.75, 3.05) is 21.1 Å². The Bertz CT molecular complexity index is 996. The summed E-state index contributed by atoms with van der Waals surface area (Å²) in [6.45, 7) is 21.7. The molecule has 0 aliphatic carbocycles. The topological polar surface area (TPSA) is 140 Å². The molecule has 12 heteroatoms. The summed E-state index contributed by atoms with van der Waals surface area (Å²) >= 11 is 0. The first kappa shape index (κ1) is 42.8. The third-order valence-electron chi connectivity index (χ3n) is 8.62. The van der Waals surface area contributed by atoms with Crippen LogP contribution in [0.25, 0.3) is 0 Å². The third kappa shape index (κ3) is 11.5. The lowest BCUT2D eigenvalue weighted by Gasteiger charge is -2.37. The van der Waals surface area contributed by atoms with Gasteiger partial charge in [0.25, 0.3) is 17.7 Å². The first-order valence-electron chi connectivity index (χ1n) is 17.4. The highest BCUT2D eigenvalue weighted by atomic mass is 16.6. The lowest BCUT2D eigenvalue weighted by Crippen LogP contribution is -2.56. The van der Waals surface area contributed by atoms with Gasteiger partial charge < -0.3 is 28.9 Å². The predicted octanol–water partition coefficient (Wildman–Crippen LogP) is 4.32. The maximum atomic E-state index is 14.0. The minimum Gasteiger partial charge on any atom is -0.450 e. The van der Waals surface area contributed by atoms with Crippen LogP contribution in [0.3, 0.4) is 0 Å². The number of carbonyl (C=O) groups excluding carboxylic acids is 6. The summed E-state index contributed by atoms with van der Waals surface area (Å²) < 4.78 is 17.7. The van der Waals surface area contributed by atoms with Gasteiger partial charge in [0.2, 0.25) is 0 Å². The zero-order chi connectivity index (χ0) is 37.4. The molecule has 0 aromatic heterocycles. The summed E-state index contributed by atoms with van der Waals surface area (Å²) in [7, 11) is 4.37. The number of nitrogens with zero attached hydrogens (tertiary/aromatic N) is 3. The molecule has 0 bridgehead atoms. The summed E-state index contributed by atoms with van der Waals surface area (Å²) in [6, 6.07) is -3.26. The number of esters is 3. The lowest BCUT2D eigenvalue weighted by molar-refractivity contribution is -0.180. The molecule has 12 nitrogen and oxygen atoms in total. The number of hydrogen-bond acceptors (Lipinski definition) is 9. The average Bonchev–Trinajstić information content (AvgIpc) is 2.97. The normalized spacial score (nSPS) is 26.6. The van der Waals surface area contributed by atoms with Crippen LogP contribution < -0.4 is 0 Å². The molecule has 3 amide bonds. The van der Waals surface area contributed by atoms with Crippen LogP contribution in [0.2, 0.25) is 0 Å². The summed E-state index contributed by atoms with van der Waals surface area (Å²) in [4.78, 5) is 87.4. The van der Waals surface area contributed by atoms with Crippen molar-refractivity contribution in [2.24, 2.45) is 35.5 Å².